The molecule has 0 aromatic carbocycles. The van der Waals surface area contributed by atoms with Crippen molar-refractivity contribution in [2.45, 2.75) is 25.4 Å². The quantitative estimate of drug-likeness (QED) is 0.900. The molecule has 2 aliphatic heterocycles. The maximum atomic E-state index is 12.0. The molecule has 23 heavy (non-hydrogen) atoms. The maximum absolute atomic E-state index is 12.0. The molecule has 4 heterocycles. The molecule has 0 aliphatic carbocycles. The van der Waals surface area contributed by atoms with Crippen molar-refractivity contribution in [2.24, 2.45) is 0 Å². The van der Waals surface area contributed by atoms with E-state index in [1.54, 1.807) is 16.7 Å². The van der Waals surface area contributed by atoms with Crippen LogP contribution in [-0.4, -0.2) is 57.4 Å². The van der Waals surface area contributed by atoms with Crippen LogP contribution in [0.5, 0.6) is 0 Å². The first-order valence-corrected chi connectivity index (χ1v) is 8.81. The summed E-state index contributed by atoms with van der Waals surface area (Å²) in [7, 11) is 0. The highest BCUT2D eigenvalue weighted by Gasteiger charge is 2.30. The van der Waals surface area contributed by atoms with Crippen molar-refractivity contribution in [1.29, 1.82) is 0 Å². The number of fused-ring (bicyclic) bond motifs is 1. The predicted octanol–water partition coefficient (Wildman–Crippen LogP) is 0.746. The second-order valence-electron chi connectivity index (χ2n) is 6.07. The van der Waals surface area contributed by atoms with Crippen LogP contribution in [0.3, 0.4) is 0 Å². The topological polar surface area (TPSA) is 70.0 Å². The van der Waals surface area contributed by atoms with E-state index in [2.05, 4.69) is 15.2 Å². The van der Waals surface area contributed by atoms with Crippen LogP contribution in [0.25, 0.3) is 4.96 Å². The first kappa shape index (κ1) is 14.6. The molecule has 2 amide bonds. The minimum atomic E-state index is -0.0186. The van der Waals surface area contributed by atoms with Crippen LogP contribution in [0.2, 0.25) is 0 Å². The molecule has 2 aliphatic rings. The van der Waals surface area contributed by atoms with E-state index in [-0.39, 0.29) is 11.6 Å². The van der Waals surface area contributed by atoms with E-state index in [1.807, 2.05) is 10.3 Å². The first-order chi connectivity index (χ1) is 11.2. The largest absolute Gasteiger partial charge is 0.336 e. The molecule has 0 unspecified atom stereocenters. The van der Waals surface area contributed by atoms with Crippen molar-refractivity contribution in [1.82, 2.24) is 24.5 Å². The molecule has 122 valence electrons. The zero-order valence-electron chi connectivity index (χ0n) is 12.8. The lowest BCUT2D eigenvalue weighted by Gasteiger charge is -2.35. The van der Waals surface area contributed by atoms with Crippen LogP contribution in [0.4, 0.5) is 4.79 Å². The van der Waals surface area contributed by atoms with Crippen molar-refractivity contribution in [3.8, 4) is 0 Å². The Bertz CT molecular complexity index is 778. The van der Waals surface area contributed by atoms with E-state index in [4.69, 9.17) is 0 Å². The van der Waals surface area contributed by atoms with Crippen LogP contribution in [-0.2, 0) is 6.54 Å². The molecule has 0 spiro atoms. The van der Waals surface area contributed by atoms with Gasteiger partial charge in [0, 0.05) is 56.4 Å². The Kier molecular flexibility index (Phi) is 3.78. The van der Waals surface area contributed by atoms with Crippen molar-refractivity contribution >= 4 is 22.3 Å². The minimum Gasteiger partial charge on any atom is -0.336 e. The summed E-state index contributed by atoms with van der Waals surface area (Å²) in [4.78, 5) is 33.3. The summed E-state index contributed by atoms with van der Waals surface area (Å²) >= 11 is 1.48. The van der Waals surface area contributed by atoms with Gasteiger partial charge in [-0.25, -0.2) is 9.78 Å². The van der Waals surface area contributed by atoms with Gasteiger partial charge < -0.3 is 10.2 Å². The number of carbonyl (C=O) groups excluding carboxylic acids is 1. The highest BCUT2D eigenvalue weighted by atomic mass is 32.1. The van der Waals surface area contributed by atoms with E-state index in [1.165, 1.54) is 11.3 Å². The van der Waals surface area contributed by atoms with Gasteiger partial charge in [-0.3, -0.25) is 14.1 Å². The Morgan fingerprint density at radius 2 is 2.09 bits per heavy atom. The van der Waals surface area contributed by atoms with E-state index >= 15 is 0 Å². The molecule has 0 radical (unpaired) electrons. The molecule has 7 nitrogen and oxygen atoms in total. The van der Waals surface area contributed by atoms with Crippen LogP contribution in [0.1, 0.15) is 18.5 Å². The number of aromatic nitrogens is 2. The summed E-state index contributed by atoms with van der Waals surface area (Å²) < 4.78 is 1.58. The average Bonchev–Trinajstić information content (AvgIpc) is 3.17. The second kappa shape index (κ2) is 5.93. The highest BCUT2D eigenvalue weighted by Crippen LogP contribution is 2.19. The van der Waals surface area contributed by atoms with Crippen LogP contribution < -0.4 is 10.9 Å². The fraction of sp³-hybridized carbons (Fsp3) is 0.533. The number of thiazole rings is 1. The van der Waals surface area contributed by atoms with Gasteiger partial charge in [0.05, 0.1) is 5.69 Å². The standard InChI is InChI=1S/C15H19N5O2S/c21-13-9-11(17-15-20(13)7-8-23-15)10-18-4-1-12(2-5-18)19-6-3-16-14(19)22/h7-9,12H,1-6,10H2,(H,16,22). The zero-order valence-corrected chi connectivity index (χ0v) is 13.6. The Labute approximate surface area is 137 Å². The summed E-state index contributed by atoms with van der Waals surface area (Å²) in [5, 5.41) is 4.74. The maximum Gasteiger partial charge on any atom is 0.317 e. The Morgan fingerprint density at radius 3 is 2.83 bits per heavy atom. The minimum absolute atomic E-state index is 0.0186. The summed E-state index contributed by atoms with van der Waals surface area (Å²) in [5.74, 6) is 0. The van der Waals surface area contributed by atoms with Crippen LogP contribution in [0, 0.1) is 0 Å². The van der Waals surface area contributed by atoms with Gasteiger partial charge in [-0.1, -0.05) is 0 Å². The van der Waals surface area contributed by atoms with Crippen LogP contribution in [0.15, 0.2) is 22.4 Å². The lowest BCUT2D eigenvalue weighted by Crippen LogP contribution is -2.46. The number of nitrogens with zero attached hydrogens (tertiary/aromatic N) is 4. The SMILES string of the molecule is O=C1NCCN1C1CCN(Cc2cc(=O)n3ccsc3n2)CC1. The van der Waals surface area contributed by atoms with Gasteiger partial charge >= 0.3 is 6.03 Å². The van der Waals surface area contributed by atoms with Gasteiger partial charge in [0.1, 0.15) is 0 Å². The van der Waals surface area contributed by atoms with E-state index in [0.29, 0.717) is 12.6 Å². The molecule has 0 bridgehead atoms. The Morgan fingerprint density at radius 1 is 1.26 bits per heavy atom. The lowest BCUT2D eigenvalue weighted by atomic mass is 10.0. The van der Waals surface area contributed by atoms with Gasteiger partial charge in [-0.15, -0.1) is 11.3 Å². The van der Waals surface area contributed by atoms with Gasteiger partial charge in [0.2, 0.25) is 0 Å². The Balaban J connectivity index is 1.40. The number of likely N-dealkylation sites (tertiary alicyclic amines) is 1. The third-order valence-corrected chi connectivity index (χ3v) is 5.39. The number of hydrogen-bond donors (Lipinski definition) is 1. The molecule has 2 fully saturated rings. The Hall–Kier alpha value is -1.93. The van der Waals surface area contributed by atoms with Crippen molar-refractivity contribution < 1.29 is 4.79 Å². The van der Waals surface area contributed by atoms with Gasteiger partial charge in [0.25, 0.3) is 5.56 Å². The zero-order chi connectivity index (χ0) is 15.8. The molecular weight excluding hydrogens is 314 g/mol. The fourth-order valence-corrected chi connectivity index (χ4v) is 4.16. The molecule has 0 saturated carbocycles. The molecule has 8 heteroatoms. The molecule has 4 rings (SSSR count). The van der Waals surface area contributed by atoms with E-state index in [0.717, 1.165) is 49.7 Å². The third-order valence-electron chi connectivity index (χ3n) is 4.63. The normalized spacial score (nSPS) is 20.3. The van der Waals surface area contributed by atoms with Gasteiger partial charge in [-0.05, 0) is 12.8 Å². The summed E-state index contributed by atoms with van der Waals surface area (Å²) in [5.41, 5.74) is 0.810. The summed E-state index contributed by atoms with van der Waals surface area (Å²) in [6.07, 6.45) is 3.72. The molecule has 0 atom stereocenters. The second-order valence-corrected chi connectivity index (χ2v) is 6.95. The number of urea groups is 1. The molecule has 2 aromatic rings. The third kappa shape index (κ3) is 2.84. The number of nitrogens with one attached hydrogen (secondary N) is 1. The molecule has 2 saturated heterocycles. The fourth-order valence-electron chi connectivity index (χ4n) is 3.42. The monoisotopic (exact) mass is 333 g/mol. The average molecular weight is 333 g/mol. The van der Waals surface area contributed by atoms with Crippen molar-refractivity contribution in [2.75, 3.05) is 26.2 Å². The number of rotatable bonds is 3. The van der Waals surface area contributed by atoms with Gasteiger partial charge in [-0.2, -0.15) is 0 Å². The number of carbonyl (C=O) groups is 1. The molecule has 1 N–H and O–H groups in total. The smallest absolute Gasteiger partial charge is 0.317 e. The van der Waals surface area contributed by atoms with E-state index in [9.17, 15) is 9.59 Å². The van der Waals surface area contributed by atoms with Crippen molar-refractivity contribution in [3.05, 3.63) is 33.7 Å². The van der Waals surface area contributed by atoms with Crippen molar-refractivity contribution in [3.63, 3.8) is 0 Å². The molecule has 2 aromatic heterocycles. The number of hydrogen-bond acceptors (Lipinski definition) is 5. The lowest BCUT2D eigenvalue weighted by molar-refractivity contribution is 0.131. The molecular formula is C15H19N5O2S. The number of amides is 2. The highest BCUT2D eigenvalue weighted by molar-refractivity contribution is 7.15. The first-order valence-electron chi connectivity index (χ1n) is 7.93. The number of piperidine rings is 1. The van der Waals surface area contributed by atoms with E-state index < -0.39 is 0 Å². The van der Waals surface area contributed by atoms with Gasteiger partial charge in [0.15, 0.2) is 4.96 Å². The van der Waals surface area contributed by atoms with Crippen LogP contribution >= 0.6 is 11.3 Å². The summed E-state index contributed by atoms with van der Waals surface area (Å²) in [6, 6.07) is 2.04. The predicted molar refractivity (Wildman–Crippen MR) is 87.7 cm³/mol. The summed E-state index contributed by atoms with van der Waals surface area (Å²) in [6.45, 7) is 4.13.